The minimum absolute atomic E-state index is 0.550. The molecule has 0 radical (unpaired) electrons. The van der Waals surface area contributed by atoms with Crippen molar-refractivity contribution in [3.8, 4) is 0 Å². The lowest BCUT2D eigenvalue weighted by molar-refractivity contribution is 0.292. The van der Waals surface area contributed by atoms with Crippen LogP contribution in [0.25, 0.3) is 0 Å². The molecule has 0 amide bonds. The lowest BCUT2D eigenvalue weighted by Gasteiger charge is -2.29. The summed E-state index contributed by atoms with van der Waals surface area (Å²) in [6.07, 6.45) is 6.31. The van der Waals surface area contributed by atoms with Crippen LogP contribution in [0.5, 0.6) is 0 Å². The second kappa shape index (κ2) is 2.67. The molecule has 1 heteroatoms. The van der Waals surface area contributed by atoms with E-state index in [2.05, 4.69) is 30.6 Å². The molecule has 1 nitrogen and oxygen atoms in total. The number of hydrogen-bond acceptors (Lipinski definition) is 1. The van der Waals surface area contributed by atoms with Crippen LogP contribution in [0, 0.1) is 5.41 Å². The van der Waals surface area contributed by atoms with Gasteiger partial charge in [-0.1, -0.05) is 6.92 Å². The Balaban J connectivity index is 2.13. The van der Waals surface area contributed by atoms with Gasteiger partial charge in [0.15, 0.2) is 0 Å². The van der Waals surface area contributed by atoms with Crippen LogP contribution in [-0.4, -0.2) is 18.0 Å². The molecule has 0 aromatic rings. The van der Waals surface area contributed by atoms with Crippen molar-refractivity contribution in [3.05, 3.63) is 17.5 Å². The van der Waals surface area contributed by atoms with Gasteiger partial charge in [-0.3, -0.25) is 0 Å². The summed E-state index contributed by atoms with van der Waals surface area (Å²) in [5, 5.41) is 0. The fraction of sp³-hybridized carbons (Fsp3) is 0.727. The summed E-state index contributed by atoms with van der Waals surface area (Å²) >= 11 is 0. The highest BCUT2D eigenvalue weighted by Crippen LogP contribution is 2.49. The monoisotopic (exact) mass is 163 g/mol. The van der Waals surface area contributed by atoms with Gasteiger partial charge in [0.1, 0.15) is 0 Å². The molecule has 1 spiro atoms. The summed E-state index contributed by atoms with van der Waals surface area (Å²) < 4.78 is 0. The van der Waals surface area contributed by atoms with Gasteiger partial charge in [0, 0.05) is 18.5 Å². The van der Waals surface area contributed by atoms with Crippen LogP contribution >= 0.6 is 0 Å². The van der Waals surface area contributed by atoms with E-state index >= 15 is 0 Å². The van der Waals surface area contributed by atoms with Gasteiger partial charge in [-0.2, -0.15) is 0 Å². The predicted octanol–water partition coefficient (Wildman–Crippen LogP) is 2.55. The molecule has 0 unspecified atom stereocenters. The van der Waals surface area contributed by atoms with E-state index in [-0.39, 0.29) is 0 Å². The molecule has 0 aromatic heterocycles. The number of rotatable bonds is 2. The Morgan fingerprint density at radius 2 is 2.33 bits per heavy atom. The van der Waals surface area contributed by atoms with Crippen molar-refractivity contribution in [2.24, 2.45) is 5.41 Å². The van der Waals surface area contributed by atoms with Crippen LogP contribution in [0.1, 0.15) is 33.1 Å². The number of hydrogen-bond donors (Lipinski definition) is 0. The Labute approximate surface area is 74.8 Å². The van der Waals surface area contributed by atoms with Crippen LogP contribution in [0.2, 0.25) is 0 Å². The highest BCUT2D eigenvalue weighted by molar-refractivity contribution is 5.18. The zero-order valence-electron chi connectivity index (χ0n) is 8.06. The van der Waals surface area contributed by atoms with Crippen molar-refractivity contribution < 1.29 is 0 Å². The van der Waals surface area contributed by atoms with E-state index in [0.29, 0.717) is 5.41 Å². The average molecular weight is 163 g/mol. The molecule has 66 valence electrons. The highest BCUT2D eigenvalue weighted by Gasteiger charge is 2.42. The maximum atomic E-state index is 3.39. The molecular formula is C11H17N. The van der Waals surface area contributed by atoms with Gasteiger partial charge >= 0.3 is 0 Å². The van der Waals surface area contributed by atoms with Gasteiger partial charge in [0.05, 0.1) is 5.70 Å². The first-order valence-corrected chi connectivity index (χ1v) is 4.95. The molecule has 1 heterocycles. The van der Waals surface area contributed by atoms with Crippen molar-refractivity contribution in [2.45, 2.75) is 33.1 Å². The summed E-state index contributed by atoms with van der Waals surface area (Å²) in [5.74, 6) is 0. The van der Waals surface area contributed by atoms with E-state index in [1.165, 1.54) is 38.0 Å². The summed E-state index contributed by atoms with van der Waals surface area (Å²) in [5.41, 5.74) is 5.27. The van der Waals surface area contributed by atoms with Gasteiger partial charge in [-0.25, -0.2) is 0 Å². The highest BCUT2D eigenvalue weighted by atomic mass is 15.1. The van der Waals surface area contributed by atoms with E-state index in [1.54, 1.807) is 0 Å². The normalized spacial score (nSPS) is 24.5. The largest absolute Gasteiger partial charge is 0.368 e. The lowest BCUT2D eigenvalue weighted by Crippen LogP contribution is -2.30. The van der Waals surface area contributed by atoms with E-state index in [1.807, 2.05) is 0 Å². The van der Waals surface area contributed by atoms with Gasteiger partial charge in [-0.15, -0.1) is 5.73 Å². The molecule has 0 bridgehead atoms. The first kappa shape index (κ1) is 7.94. The Hall–Kier alpha value is -0.680. The molecule has 1 fully saturated rings. The Morgan fingerprint density at radius 1 is 1.58 bits per heavy atom. The first-order chi connectivity index (χ1) is 5.76. The summed E-state index contributed by atoms with van der Waals surface area (Å²) in [7, 11) is 0. The van der Waals surface area contributed by atoms with Crippen molar-refractivity contribution in [2.75, 3.05) is 13.1 Å². The molecule has 1 aliphatic carbocycles. The second-order valence-electron chi connectivity index (χ2n) is 4.16. The minimum atomic E-state index is 0.550. The summed E-state index contributed by atoms with van der Waals surface area (Å²) in [6, 6.07) is 0. The molecule has 2 aliphatic rings. The molecule has 1 aliphatic heterocycles. The smallest absolute Gasteiger partial charge is 0.0529 e. The Kier molecular flexibility index (Phi) is 1.77. The van der Waals surface area contributed by atoms with Crippen LogP contribution in [0.15, 0.2) is 17.5 Å². The zero-order valence-corrected chi connectivity index (χ0v) is 8.06. The maximum absolute atomic E-state index is 3.39. The van der Waals surface area contributed by atoms with Crippen LogP contribution < -0.4 is 0 Å². The second-order valence-corrected chi connectivity index (χ2v) is 4.16. The molecule has 0 N–H and O–H groups in total. The first-order valence-electron chi connectivity index (χ1n) is 4.95. The number of nitrogens with zero attached hydrogens (tertiary/aromatic N) is 1. The Bertz CT molecular complexity index is 242. The van der Waals surface area contributed by atoms with Crippen LogP contribution in [0.3, 0.4) is 0 Å². The third-order valence-electron chi connectivity index (χ3n) is 2.95. The van der Waals surface area contributed by atoms with Crippen molar-refractivity contribution >= 4 is 0 Å². The molecule has 0 saturated heterocycles. The summed E-state index contributed by atoms with van der Waals surface area (Å²) in [6.45, 7) is 6.86. The molecule has 12 heavy (non-hydrogen) atoms. The van der Waals surface area contributed by atoms with E-state index in [0.717, 1.165) is 0 Å². The fourth-order valence-electron chi connectivity index (χ4n) is 1.87. The minimum Gasteiger partial charge on any atom is -0.368 e. The van der Waals surface area contributed by atoms with Crippen LogP contribution in [0.4, 0.5) is 0 Å². The molecule has 0 atom stereocenters. The van der Waals surface area contributed by atoms with Gasteiger partial charge in [-0.05, 0) is 32.3 Å². The Morgan fingerprint density at radius 3 is 2.92 bits per heavy atom. The third kappa shape index (κ3) is 1.30. The molecule has 2 rings (SSSR count). The van der Waals surface area contributed by atoms with Crippen molar-refractivity contribution in [1.82, 2.24) is 4.90 Å². The topological polar surface area (TPSA) is 3.24 Å². The molecule has 1 saturated carbocycles. The maximum Gasteiger partial charge on any atom is 0.0529 e. The van der Waals surface area contributed by atoms with Crippen molar-refractivity contribution in [3.63, 3.8) is 0 Å². The van der Waals surface area contributed by atoms with E-state index in [9.17, 15) is 0 Å². The van der Waals surface area contributed by atoms with Crippen molar-refractivity contribution in [1.29, 1.82) is 0 Å². The van der Waals surface area contributed by atoms with Gasteiger partial charge in [0.2, 0.25) is 0 Å². The zero-order chi connectivity index (χ0) is 8.60. The lowest BCUT2D eigenvalue weighted by atomic mass is 10.0. The van der Waals surface area contributed by atoms with E-state index in [4.69, 9.17) is 0 Å². The fourth-order valence-corrected chi connectivity index (χ4v) is 1.87. The molecule has 0 aromatic carbocycles. The predicted molar refractivity (Wildman–Crippen MR) is 50.8 cm³/mol. The van der Waals surface area contributed by atoms with E-state index < -0.39 is 0 Å². The average Bonchev–Trinajstić information content (AvgIpc) is 2.79. The summed E-state index contributed by atoms with van der Waals surface area (Å²) in [4.78, 5) is 2.48. The quantitative estimate of drug-likeness (QED) is 0.565. The SMILES string of the molecule is CCCN1CC2(C=C=C1C)CC2. The third-order valence-corrected chi connectivity index (χ3v) is 2.95. The van der Waals surface area contributed by atoms with Gasteiger partial charge in [0.25, 0.3) is 0 Å². The van der Waals surface area contributed by atoms with Gasteiger partial charge < -0.3 is 4.90 Å². The van der Waals surface area contributed by atoms with Crippen LogP contribution in [-0.2, 0) is 0 Å². The standard InChI is InChI=1S/C11H17N/c1-3-8-12-9-11(6-7-11)5-4-10(12)2/h5H,3,6-9H2,1-2H3. The molecular weight excluding hydrogens is 146 g/mol.